The maximum atomic E-state index is 11.8. The van der Waals surface area contributed by atoms with Crippen LogP contribution < -0.4 is 5.32 Å². The molecule has 0 saturated heterocycles. The summed E-state index contributed by atoms with van der Waals surface area (Å²) in [6.45, 7) is 4.60. The highest BCUT2D eigenvalue weighted by Gasteiger charge is 2.09. The fourth-order valence-electron chi connectivity index (χ4n) is 1.88. The molecule has 0 spiro atoms. The van der Waals surface area contributed by atoms with Crippen molar-refractivity contribution in [1.82, 2.24) is 25.1 Å². The minimum atomic E-state index is -0.0260. The molecule has 1 amide bonds. The van der Waals surface area contributed by atoms with E-state index in [0.29, 0.717) is 13.0 Å². The Morgan fingerprint density at radius 1 is 1.45 bits per heavy atom. The molecule has 0 bridgehead atoms. The zero-order valence-electron chi connectivity index (χ0n) is 11.8. The summed E-state index contributed by atoms with van der Waals surface area (Å²) in [5.41, 5.74) is 1.99. The van der Waals surface area contributed by atoms with Gasteiger partial charge in [0, 0.05) is 24.9 Å². The predicted octanol–water partition coefficient (Wildman–Crippen LogP) is 1.64. The molecular weight excluding hydrogens is 254 g/mol. The highest BCUT2D eigenvalue weighted by atomic mass is 16.1. The van der Waals surface area contributed by atoms with Crippen molar-refractivity contribution in [2.45, 2.75) is 39.3 Å². The minimum Gasteiger partial charge on any atom is -0.350 e. The summed E-state index contributed by atoms with van der Waals surface area (Å²) in [6.07, 6.45) is 6.16. The fourth-order valence-corrected chi connectivity index (χ4v) is 1.88. The molecule has 2 heterocycles. The largest absolute Gasteiger partial charge is 0.350 e. The van der Waals surface area contributed by atoms with Crippen LogP contribution in [0.2, 0.25) is 0 Å². The third-order valence-electron chi connectivity index (χ3n) is 3.07. The Kier molecular flexibility index (Phi) is 4.81. The van der Waals surface area contributed by atoms with Gasteiger partial charge in [-0.3, -0.25) is 14.5 Å². The third kappa shape index (κ3) is 4.15. The maximum absolute atomic E-state index is 11.8. The molecule has 0 aromatic carbocycles. The van der Waals surface area contributed by atoms with Crippen molar-refractivity contribution in [3.05, 3.63) is 42.2 Å². The minimum absolute atomic E-state index is 0.0260. The topological polar surface area (TPSA) is 72.7 Å². The van der Waals surface area contributed by atoms with Crippen LogP contribution in [0.3, 0.4) is 0 Å². The normalized spacial score (nSPS) is 12.1. The third-order valence-corrected chi connectivity index (χ3v) is 3.07. The van der Waals surface area contributed by atoms with Gasteiger partial charge >= 0.3 is 0 Å². The molecule has 0 unspecified atom stereocenters. The molecule has 1 atom stereocenters. The number of aryl methyl sites for hydroxylation is 2. The first-order chi connectivity index (χ1) is 9.65. The van der Waals surface area contributed by atoms with Crippen LogP contribution in [0, 0.1) is 6.92 Å². The van der Waals surface area contributed by atoms with Crippen LogP contribution in [-0.4, -0.2) is 25.7 Å². The number of aromatic nitrogens is 4. The first-order valence-electron chi connectivity index (χ1n) is 6.69. The maximum Gasteiger partial charge on any atom is 0.220 e. The number of amides is 1. The molecule has 106 valence electrons. The van der Waals surface area contributed by atoms with E-state index < -0.39 is 0 Å². The number of carbonyl (C=O) groups is 1. The Hall–Kier alpha value is -2.24. The molecule has 0 aliphatic carbocycles. The van der Waals surface area contributed by atoms with E-state index in [2.05, 4.69) is 20.4 Å². The zero-order chi connectivity index (χ0) is 14.4. The smallest absolute Gasteiger partial charge is 0.220 e. The molecule has 0 radical (unpaired) electrons. The van der Waals surface area contributed by atoms with E-state index in [1.807, 2.05) is 26.0 Å². The summed E-state index contributed by atoms with van der Waals surface area (Å²) in [5, 5.41) is 6.97. The van der Waals surface area contributed by atoms with Crippen LogP contribution in [0.4, 0.5) is 0 Å². The van der Waals surface area contributed by atoms with Gasteiger partial charge in [0.15, 0.2) is 0 Å². The first kappa shape index (κ1) is 14.2. The van der Waals surface area contributed by atoms with Gasteiger partial charge in [0.1, 0.15) is 12.7 Å². The first-order valence-corrected chi connectivity index (χ1v) is 6.69. The van der Waals surface area contributed by atoms with Gasteiger partial charge in [0.05, 0.1) is 6.04 Å². The predicted molar refractivity (Wildman–Crippen MR) is 74.8 cm³/mol. The van der Waals surface area contributed by atoms with Gasteiger partial charge in [0.25, 0.3) is 0 Å². The number of pyridine rings is 1. The van der Waals surface area contributed by atoms with Crippen LogP contribution in [0.1, 0.15) is 37.1 Å². The number of nitrogens with one attached hydrogen (secondary N) is 1. The zero-order valence-corrected chi connectivity index (χ0v) is 11.8. The summed E-state index contributed by atoms with van der Waals surface area (Å²) in [6, 6.07) is 3.91. The SMILES string of the molecule is Cc1ccc([C@@H](C)NC(=O)CCCn2cncn2)cn1. The second kappa shape index (κ2) is 6.79. The summed E-state index contributed by atoms with van der Waals surface area (Å²) >= 11 is 0. The molecular formula is C14H19N5O. The molecule has 1 N–H and O–H groups in total. The van der Waals surface area contributed by atoms with E-state index >= 15 is 0 Å². The number of nitrogens with zero attached hydrogens (tertiary/aromatic N) is 4. The Bertz CT molecular complexity index is 535. The highest BCUT2D eigenvalue weighted by Crippen LogP contribution is 2.11. The molecule has 6 nitrogen and oxygen atoms in total. The Balaban J connectivity index is 1.74. The van der Waals surface area contributed by atoms with Crippen LogP contribution in [-0.2, 0) is 11.3 Å². The second-order valence-corrected chi connectivity index (χ2v) is 4.78. The summed E-state index contributed by atoms with van der Waals surface area (Å²) in [7, 11) is 0. The molecule has 2 aromatic heterocycles. The lowest BCUT2D eigenvalue weighted by Crippen LogP contribution is -2.26. The second-order valence-electron chi connectivity index (χ2n) is 4.78. The molecule has 6 heteroatoms. The van der Waals surface area contributed by atoms with Crippen molar-refractivity contribution in [3.63, 3.8) is 0 Å². The molecule has 0 aliphatic heterocycles. The number of hydrogen-bond acceptors (Lipinski definition) is 4. The Labute approximate surface area is 118 Å². The van der Waals surface area contributed by atoms with Crippen LogP contribution >= 0.6 is 0 Å². The molecule has 0 aliphatic rings. The quantitative estimate of drug-likeness (QED) is 0.868. The van der Waals surface area contributed by atoms with E-state index in [9.17, 15) is 4.79 Å². The highest BCUT2D eigenvalue weighted by molar-refractivity contribution is 5.76. The molecule has 2 aromatic rings. The van der Waals surface area contributed by atoms with Gasteiger partial charge in [-0.05, 0) is 31.9 Å². The monoisotopic (exact) mass is 273 g/mol. The average molecular weight is 273 g/mol. The van der Waals surface area contributed by atoms with Gasteiger partial charge in [-0.1, -0.05) is 6.07 Å². The van der Waals surface area contributed by atoms with Gasteiger partial charge < -0.3 is 5.32 Å². The summed E-state index contributed by atoms with van der Waals surface area (Å²) in [4.78, 5) is 19.9. The van der Waals surface area contributed by atoms with E-state index in [4.69, 9.17) is 0 Å². The van der Waals surface area contributed by atoms with Crippen molar-refractivity contribution in [2.24, 2.45) is 0 Å². The summed E-state index contributed by atoms with van der Waals surface area (Å²) in [5.74, 6) is 0.0400. The van der Waals surface area contributed by atoms with Crippen LogP contribution in [0.25, 0.3) is 0 Å². The molecule has 0 saturated carbocycles. The van der Waals surface area contributed by atoms with E-state index in [-0.39, 0.29) is 11.9 Å². The Morgan fingerprint density at radius 3 is 2.95 bits per heavy atom. The lowest BCUT2D eigenvalue weighted by Gasteiger charge is -2.14. The van der Waals surface area contributed by atoms with Gasteiger partial charge in [-0.15, -0.1) is 0 Å². The van der Waals surface area contributed by atoms with Gasteiger partial charge in [0.2, 0.25) is 5.91 Å². The van der Waals surface area contributed by atoms with Gasteiger partial charge in [-0.25, -0.2) is 4.98 Å². The molecule has 0 fully saturated rings. The van der Waals surface area contributed by atoms with E-state index in [1.54, 1.807) is 17.2 Å². The van der Waals surface area contributed by atoms with Crippen molar-refractivity contribution in [3.8, 4) is 0 Å². The van der Waals surface area contributed by atoms with Crippen LogP contribution in [0.5, 0.6) is 0 Å². The fraction of sp³-hybridized carbons (Fsp3) is 0.429. The molecule has 2 rings (SSSR count). The van der Waals surface area contributed by atoms with Crippen molar-refractivity contribution in [1.29, 1.82) is 0 Å². The van der Waals surface area contributed by atoms with Crippen molar-refractivity contribution in [2.75, 3.05) is 0 Å². The van der Waals surface area contributed by atoms with Gasteiger partial charge in [-0.2, -0.15) is 5.10 Å². The summed E-state index contributed by atoms with van der Waals surface area (Å²) < 4.78 is 1.72. The number of hydrogen-bond donors (Lipinski definition) is 1. The number of carbonyl (C=O) groups excluding carboxylic acids is 1. The number of rotatable bonds is 6. The lowest BCUT2D eigenvalue weighted by molar-refractivity contribution is -0.121. The standard InChI is InChI=1S/C14H19N5O/c1-11-5-6-13(8-16-11)12(2)18-14(20)4-3-7-19-10-15-9-17-19/h5-6,8-10,12H,3-4,7H2,1-2H3,(H,18,20)/t12-/m1/s1. The Morgan fingerprint density at radius 2 is 2.30 bits per heavy atom. The van der Waals surface area contributed by atoms with Crippen LogP contribution in [0.15, 0.2) is 31.0 Å². The molecule has 20 heavy (non-hydrogen) atoms. The average Bonchev–Trinajstić information content (AvgIpc) is 2.92. The van der Waals surface area contributed by atoms with E-state index in [0.717, 1.165) is 17.7 Å². The lowest BCUT2D eigenvalue weighted by atomic mass is 10.1. The van der Waals surface area contributed by atoms with Crippen molar-refractivity contribution >= 4 is 5.91 Å². The van der Waals surface area contributed by atoms with E-state index in [1.165, 1.54) is 6.33 Å². The van der Waals surface area contributed by atoms with Crippen molar-refractivity contribution < 1.29 is 4.79 Å².